The van der Waals surface area contributed by atoms with Crippen LogP contribution in [0.4, 0.5) is 13.2 Å². The molecule has 1 aromatic rings. The molecule has 0 saturated carbocycles. The summed E-state index contributed by atoms with van der Waals surface area (Å²) in [4.78, 5) is 20.8. The van der Waals surface area contributed by atoms with E-state index in [2.05, 4.69) is 4.74 Å². The van der Waals surface area contributed by atoms with E-state index in [0.717, 1.165) is 13.2 Å². The Hall–Kier alpha value is -2.14. The Bertz CT molecular complexity index is 698. The molecule has 0 aromatic heterocycles. The number of nitrogens with one attached hydrogen (secondary N) is 1. The molecule has 0 spiro atoms. The minimum absolute atomic E-state index is 0.233. The van der Waals surface area contributed by atoms with Gasteiger partial charge < -0.3 is 9.84 Å². The fourth-order valence-corrected chi connectivity index (χ4v) is 2.45. The number of esters is 1. The Morgan fingerprint density at radius 1 is 1.32 bits per heavy atom. The third kappa shape index (κ3) is 4.18. The Morgan fingerprint density at radius 3 is 2.36 bits per heavy atom. The highest BCUT2D eigenvalue weighted by Gasteiger charge is 2.37. The number of halogens is 3. The number of alkyl halides is 3. The van der Waals surface area contributed by atoms with E-state index in [1.165, 1.54) is 0 Å². The summed E-state index contributed by atoms with van der Waals surface area (Å²) >= 11 is 0. The van der Waals surface area contributed by atoms with E-state index in [4.69, 9.17) is 5.11 Å². The molecule has 0 aliphatic carbocycles. The number of carboxylic acids is 1. The molecular formula is C11H10F3NO6S. The van der Waals surface area contributed by atoms with Gasteiger partial charge in [0.1, 0.15) is 6.54 Å². The van der Waals surface area contributed by atoms with Crippen LogP contribution < -0.4 is 4.72 Å². The zero-order chi connectivity index (χ0) is 17.1. The number of hydrogen-bond donors (Lipinski definition) is 2. The van der Waals surface area contributed by atoms with Gasteiger partial charge in [-0.25, -0.2) is 13.2 Å². The summed E-state index contributed by atoms with van der Waals surface area (Å²) < 4.78 is 67.9. The number of carbonyl (C=O) groups is 2. The molecule has 0 heterocycles. The highest BCUT2D eigenvalue weighted by Crippen LogP contribution is 2.33. The third-order valence-electron chi connectivity index (χ3n) is 2.43. The Kier molecular flexibility index (Phi) is 5.14. The summed E-state index contributed by atoms with van der Waals surface area (Å²) in [6.45, 7) is -0.998. The van der Waals surface area contributed by atoms with Crippen molar-refractivity contribution < 1.29 is 41.0 Å². The smallest absolute Gasteiger partial charge is 0.417 e. The van der Waals surface area contributed by atoms with Gasteiger partial charge in [0.05, 0.1) is 23.1 Å². The number of carboxylic acid groups (broad SMARTS) is 1. The van der Waals surface area contributed by atoms with Crippen molar-refractivity contribution >= 4 is 22.0 Å². The largest absolute Gasteiger partial charge is 0.480 e. The van der Waals surface area contributed by atoms with Gasteiger partial charge in [-0.1, -0.05) is 0 Å². The third-order valence-corrected chi connectivity index (χ3v) is 3.82. The molecule has 0 fully saturated rings. The fraction of sp³-hybridized carbons (Fsp3) is 0.273. The lowest BCUT2D eigenvalue weighted by molar-refractivity contribution is -0.138. The van der Waals surface area contributed by atoms with E-state index in [9.17, 15) is 31.2 Å². The van der Waals surface area contributed by atoms with Gasteiger partial charge in [-0.15, -0.1) is 0 Å². The van der Waals surface area contributed by atoms with Gasteiger partial charge in [0.2, 0.25) is 10.0 Å². The predicted octanol–water partition coefficient (Wildman–Crippen LogP) is 0.855. The van der Waals surface area contributed by atoms with Gasteiger partial charge in [0.25, 0.3) is 0 Å². The monoisotopic (exact) mass is 341 g/mol. The van der Waals surface area contributed by atoms with Gasteiger partial charge >= 0.3 is 18.1 Å². The first kappa shape index (κ1) is 17.9. The van der Waals surface area contributed by atoms with Crippen LogP contribution in [-0.2, 0) is 25.7 Å². The van der Waals surface area contributed by atoms with Crippen LogP contribution in [0.2, 0.25) is 0 Å². The van der Waals surface area contributed by atoms with Crippen molar-refractivity contribution in [1.29, 1.82) is 0 Å². The highest BCUT2D eigenvalue weighted by atomic mass is 32.2. The fourth-order valence-electron chi connectivity index (χ4n) is 1.45. The molecule has 0 unspecified atom stereocenters. The molecule has 7 nitrogen and oxygen atoms in total. The van der Waals surface area contributed by atoms with Crippen molar-refractivity contribution in [2.45, 2.75) is 11.1 Å². The van der Waals surface area contributed by atoms with Crippen LogP contribution in [0.3, 0.4) is 0 Å². The molecule has 22 heavy (non-hydrogen) atoms. The number of benzene rings is 1. The van der Waals surface area contributed by atoms with E-state index in [1.54, 1.807) is 4.72 Å². The minimum atomic E-state index is -5.00. The predicted molar refractivity (Wildman–Crippen MR) is 65.6 cm³/mol. The van der Waals surface area contributed by atoms with Crippen LogP contribution in [0.15, 0.2) is 23.1 Å². The first-order valence-electron chi connectivity index (χ1n) is 5.50. The van der Waals surface area contributed by atoms with Crippen LogP contribution in [0.25, 0.3) is 0 Å². The minimum Gasteiger partial charge on any atom is -0.480 e. The Labute approximate surface area is 122 Å². The van der Waals surface area contributed by atoms with E-state index >= 15 is 0 Å². The van der Waals surface area contributed by atoms with E-state index in [0.29, 0.717) is 6.07 Å². The lowest BCUT2D eigenvalue weighted by Gasteiger charge is -2.13. The van der Waals surface area contributed by atoms with E-state index < -0.39 is 50.7 Å². The average molecular weight is 341 g/mol. The van der Waals surface area contributed by atoms with E-state index in [1.807, 2.05) is 0 Å². The number of rotatable bonds is 5. The van der Waals surface area contributed by atoms with Crippen molar-refractivity contribution in [3.8, 4) is 0 Å². The van der Waals surface area contributed by atoms with Crippen molar-refractivity contribution in [3.63, 3.8) is 0 Å². The number of methoxy groups -OCH3 is 1. The van der Waals surface area contributed by atoms with Crippen molar-refractivity contribution in [2.75, 3.05) is 13.7 Å². The van der Waals surface area contributed by atoms with Gasteiger partial charge in [0.15, 0.2) is 0 Å². The normalized spacial score (nSPS) is 12.0. The second kappa shape index (κ2) is 6.32. The van der Waals surface area contributed by atoms with Crippen molar-refractivity contribution in [2.24, 2.45) is 0 Å². The maximum absolute atomic E-state index is 12.9. The Balaban J connectivity index is 3.37. The molecule has 1 aromatic carbocycles. The Morgan fingerprint density at radius 2 is 1.91 bits per heavy atom. The zero-order valence-electron chi connectivity index (χ0n) is 11.0. The van der Waals surface area contributed by atoms with Crippen molar-refractivity contribution in [3.05, 3.63) is 29.3 Å². The molecule has 2 N–H and O–H groups in total. The summed E-state index contributed by atoms with van der Waals surface area (Å²) in [6.07, 6.45) is -5.00. The molecule has 1 rings (SSSR count). The van der Waals surface area contributed by atoms with Crippen LogP contribution in [0, 0.1) is 0 Å². The van der Waals surface area contributed by atoms with Crippen LogP contribution >= 0.6 is 0 Å². The zero-order valence-corrected chi connectivity index (χ0v) is 11.8. The number of ether oxygens (including phenoxy) is 1. The van der Waals surface area contributed by atoms with Gasteiger partial charge in [-0.3, -0.25) is 4.79 Å². The lowest BCUT2D eigenvalue weighted by Crippen LogP contribution is -2.29. The lowest BCUT2D eigenvalue weighted by atomic mass is 10.1. The maximum atomic E-state index is 12.9. The quantitative estimate of drug-likeness (QED) is 0.769. The molecule has 0 saturated heterocycles. The summed E-state index contributed by atoms with van der Waals surface area (Å²) in [5, 5.41) is 8.39. The summed E-state index contributed by atoms with van der Waals surface area (Å²) in [5.41, 5.74) is -2.36. The van der Waals surface area contributed by atoms with Gasteiger partial charge in [-0.05, 0) is 18.2 Å². The number of aliphatic carboxylic acids is 1. The first-order valence-corrected chi connectivity index (χ1v) is 6.98. The first-order chi connectivity index (χ1) is 9.99. The molecule has 0 aliphatic rings. The van der Waals surface area contributed by atoms with Gasteiger partial charge in [-0.2, -0.15) is 17.9 Å². The standard InChI is InChI=1S/C11H10F3NO6S/c1-21-10(18)7-3-2-6(4-8(7)11(12,13)14)22(19,20)15-5-9(16)17/h2-4,15H,5H2,1H3,(H,16,17). The molecule has 0 aliphatic heterocycles. The molecule has 0 bridgehead atoms. The van der Waals surface area contributed by atoms with E-state index in [-0.39, 0.29) is 6.07 Å². The maximum Gasteiger partial charge on any atom is 0.417 e. The average Bonchev–Trinajstić information content (AvgIpc) is 2.42. The van der Waals surface area contributed by atoms with Crippen molar-refractivity contribution in [1.82, 2.24) is 4.72 Å². The topological polar surface area (TPSA) is 110 Å². The van der Waals surface area contributed by atoms with Crippen LogP contribution in [0.1, 0.15) is 15.9 Å². The van der Waals surface area contributed by atoms with Crippen LogP contribution in [0.5, 0.6) is 0 Å². The molecule has 122 valence electrons. The molecule has 11 heteroatoms. The highest BCUT2D eigenvalue weighted by molar-refractivity contribution is 7.89. The number of sulfonamides is 1. The molecule has 0 amide bonds. The molecule has 0 radical (unpaired) electrons. The second-order valence-corrected chi connectivity index (χ2v) is 5.68. The van der Waals surface area contributed by atoms with Crippen LogP contribution in [-0.4, -0.2) is 39.1 Å². The SMILES string of the molecule is COC(=O)c1ccc(S(=O)(=O)NCC(=O)O)cc1C(F)(F)F. The summed E-state index contributed by atoms with van der Waals surface area (Å²) in [6, 6.07) is 1.62. The summed E-state index contributed by atoms with van der Waals surface area (Å²) in [7, 11) is -3.59. The number of hydrogen-bond acceptors (Lipinski definition) is 5. The second-order valence-electron chi connectivity index (χ2n) is 3.92. The number of carbonyl (C=O) groups excluding carboxylic acids is 1. The molecule has 0 atom stereocenters. The van der Waals surface area contributed by atoms with Gasteiger partial charge in [0, 0.05) is 0 Å². The molecular weight excluding hydrogens is 331 g/mol. The summed E-state index contributed by atoms with van der Waals surface area (Å²) in [5.74, 6) is -2.79.